The quantitative estimate of drug-likeness (QED) is 0.341. The lowest BCUT2D eigenvalue weighted by molar-refractivity contribution is -0.0498. The van der Waals surface area contributed by atoms with Crippen molar-refractivity contribution in [2.45, 2.75) is 26.1 Å². The smallest absolute Gasteiger partial charge is 0.387 e. The van der Waals surface area contributed by atoms with E-state index in [4.69, 9.17) is 0 Å². The SMILES string of the molecule is CCNC(=NCC(O)c1ccc(OC(F)F)cc1)NCCc1cccc(C(=O)NC)c1. The van der Waals surface area contributed by atoms with Gasteiger partial charge in [0, 0.05) is 25.7 Å². The molecule has 2 aromatic carbocycles. The molecule has 0 aliphatic carbocycles. The molecule has 1 unspecified atom stereocenters. The van der Waals surface area contributed by atoms with E-state index in [-0.39, 0.29) is 18.2 Å². The Morgan fingerprint density at radius 2 is 1.90 bits per heavy atom. The maximum Gasteiger partial charge on any atom is 0.387 e. The van der Waals surface area contributed by atoms with E-state index in [1.54, 1.807) is 13.1 Å². The van der Waals surface area contributed by atoms with Gasteiger partial charge in [0.05, 0.1) is 12.6 Å². The van der Waals surface area contributed by atoms with Gasteiger partial charge in [-0.25, -0.2) is 0 Å². The fourth-order valence-corrected chi connectivity index (χ4v) is 2.83. The number of halogens is 2. The summed E-state index contributed by atoms with van der Waals surface area (Å²) in [6.07, 6.45) is -0.205. The van der Waals surface area contributed by atoms with Crippen LogP contribution in [0.2, 0.25) is 0 Å². The van der Waals surface area contributed by atoms with Gasteiger partial charge < -0.3 is 25.8 Å². The lowest BCUT2D eigenvalue weighted by Gasteiger charge is -2.14. The van der Waals surface area contributed by atoms with Crippen molar-refractivity contribution in [3.05, 3.63) is 65.2 Å². The van der Waals surface area contributed by atoms with Crippen molar-refractivity contribution >= 4 is 11.9 Å². The van der Waals surface area contributed by atoms with E-state index < -0.39 is 12.7 Å². The Morgan fingerprint density at radius 3 is 2.55 bits per heavy atom. The van der Waals surface area contributed by atoms with Crippen LogP contribution in [0.4, 0.5) is 8.78 Å². The minimum absolute atomic E-state index is 0.0324. The lowest BCUT2D eigenvalue weighted by Crippen LogP contribution is -2.38. The number of aliphatic hydroxyl groups is 1. The topological polar surface area (TPSA) is 95.0 Å². The normalized spacial score (nSPS) is 12.4. The van der Waals surface area contributed by atoms with E-state index in [1.807, 2.05) is 25.1 Å². The standard InChI is InChI=1S/C22H28F2N4O3/c1-3-26-22(27-12-11-15-5-4-6-17(13-15)20(30)25-2)28-14-19(29)16-7-9-18(10-8-16)31-21(23)24/h4-10,13,19,21,29H,3,11-12,14H2,1-2H3,(H,25,30)(H2,26,27,28). The predicted octanol–water partition coefficient (Wildman–Crippen LogP) is 2.48. The average molecular weight is 434 g/mol. The van der Waals surface area contributed by atoms with Gasteiger partial charge in [0.25, 0.3) is 5.91 Å². The van der Waals surface area contributed by atoms with Crippen molar-refractivity contribution in [1.29, 1.82) is 0 Å². The number of aliphatic hydroxyl groups excluding tert-OH is 1. The summed E-state index contributed by atoms with van der Waals surface area (Å²) in [6, 6.07) is 13.2. The fraction of sp³-hybridized carbons (Fsp3) is 0.364. The minimum Gasteiger partial charge on any atom is -0.435 e. The maximum absolute atomic E-state index is 12.2. The molecule has 1 atom stereocenters. The van der Waals surface area contributed by atoms with Crippen LogP contribution < -0.4 is 20.7 Å². The van der Waals surface area contributed by atoms with Crippen LogP contribution in [-0.2, 0) is 6.42 Å². The van der Waals surface area contributed by atoms with Gasteiger partial charge in [-0.3, -0.25) is 9.79 Å². The van der Waals surface area contributed by atoms with Crippen LogP contribution in [0.25, 0.3) is 0 Å². The first-order valence-electron chi connectivity index (χ1n) is 9.99. The molecular formula is C22H28F2N4O3. The highest BCUT2D eigenvalue weighted by Gasteiger charge is 2.10. The highest BCUT2D eigenvalue weighted by molar-refractivity contribution is 5.94. The molecule has 0 saturated carbocycles. The molecule has 2 aromatic rings. The van der Waals surface area contributed by atoms with E-state index in [0.29, 0.717) is 36.6 Å². The second kappa shape index (κ2) is 12.5. The van der Waals surface area contributed by atoms with Gasteiger partial charge in [0.1, 0.15) is 5.75 Å². The number of benzene rings is 2. The zero-order valence-corrected chi connectivity index (χ0v) is 17.6. The van der Waals surface area contributed by atoms with Crippen LogP contribution in [0.1, 0.15) is 34.5 Å². The molecule has 9 heteroatoms. The second-order valence-corrected chi connectivity index (χ2v) is 6.64. The third-order valence-corrected chi connectivity index (χ3v) is 4.38. The monoisotopic (exact) mass is 434 g/mol. The summed E-state index contributed by atoms with van der Waals surface area (Å²) in [5, 5.41) is 19.2. The van der Waals surface area contributed by atoms with Crippen LogP contribution >= 0.6 is 0 Å². The van der Waals surface area contributed by atoms with Gasteiger partial charge in [0.15, 0.2) is 5.96 Å². The van der Waals surface area contributed by atoms with Gasteiger partial charge >= 0.3 is 6.61 Å². The number of guanidine groups is 1. The van der Waals surface area contributed by atoms with Gasteiger partial charge in [-0.2, -0.15) is 8.78 Å². The molecule has 0 heterocycles. The summed E-state index contributed by atoms with van der Waals surface area (Å²) in [6.45, 7) is 0.367. The largest absolute Gasteiger partial charge is 0.435 e. The number of ether oxygens (including phenoxy) is 1. The molecule has 0 aliphatic rings. The summed E-state index contributed by atoms with van der Waals surface area (Å²) < 4.78 is 28.7. The molecule has 0 radical (unpaired) electrons. The minimum atomic E-state index is -2.89. The van der Waals surface area contributed by atoms with Crippen molar-refractivity contribution < 1.29 is 23.4 Å². The zero-order valence-electron chi connectivity index (χ0n) is 17.6. The number of carbonyl (C=O) groups excluding carboxylic acids is 1. The Balaban J connectivity index is 1.90. The Hall–Kier alpha value is -3.20. The van der Waals surface area contributed by atoms with Gasteiger partial charge in [-0.15, -0.1) is 0 Å². The Labute approximate surface area is 180 Å². The maximum atomic E-state index is 12.2. The van der Waals surface area contributed by atoms with Crippen LogP contribution in [0.3, 0.4) is 0 Å². The average Bonchev–Trinajstić information content (AvgIpc) is 2.77. The molecule has 0 spiro atoms. The number of alkyl halides is 2. The van der Waals surface area contributed by atoms with Crippen LogP contribution in [0.15, 0.2) is 53.5 Å². The molecule has 2 rings (SSSR count). The molecule has 31 heavy (non-hydrogen) atoms. The predicted molar refractivity (Wildman–Crippen MR) is 116 cm³/mol. The summed E-state index contributed by atoms with van der Waals surface area (Å²) >= 11 is 0. The second-order valence-electron chi connectivity index (χ2n) is 6.64. The third-order valence-electron chi connectivity index (χ3n) is 4.38. The Kier molecular flexibility index (Phi) is 9.70. The molecular weight excluding hydrogens is 406 g/mol. The number of rotatable bonds is 10. The molecule has 0 aromatic heterocycles. The molecule has 168 valence electrons. The number of carbonyl (C=O) groups is 1. The summed E-state index contributed by atoms with van der Waals surface area (Å²) in [7, 11) is 1.59. The van der Waals surface area contributed by atoms with Gasteiger partial charge in [0.2, 0.25) is 0 Å². The van der Waals surface area contributed by atoms with E-state index in [0.717, 1.165) is 5.56 Å². The first-order chi connectivity index (χ1) is 14.9. The highest BCUT2D eigenvalue weighted by atomic mass is 19.3. The number of amides is 1. The molecule has 4 N–H and O–H groups in total. The molecule has 1 amide bonds. The van der Waals surface area contributed by atoms with E-state index in [9.17, 15) is 18.7 Å². The lowest BCUT2D eigenvalue weighted by atomic mass is 10.1. The van der Waals surface area contributed by atoms with Crippen LogP contribution in [0, 0.1) is 0 Å². The summed E-state index contributed by atoms with van der Waals surface area (Å²) in [4.78, 5) is 16.1. The van der Waals surface area contributed by atoms with E-state index in [1.165, 1.54) is 24.3 Å². The Bertz CT molecular complexity index is 860. The molecule has 7 nitrogen and oxygen atoms in total. The number of hydrogen-bond donors (Lipinski definition) is 4. The van der Waals surface area contributed by atoms with Gasteiger partial charge in [-0.1, -0.05) is 24.3 Å². The van der Waals surface area contributed by atoms with Crippen molar-refractivity contribution in [1.82, 2.24) is 16.0 Å². The first-order valence-corrected chi connectivity index (χ1v) is 9.99. The van der Waals surface area contributed by atoms with Crippen molar-refractivity contribution in [2.75, 3.05) is 26.7 Å². The number of aliphatic imine (C=N–C) groups is 1. The molecule has 0 saturated heterocycles. The van der Waals surface area contributed by atoms with Gasteiger partial charge in [-0.05, 0) is 48.7 Å². The Morgan fingerprint density at radius 1 is 1.16 bits per heavy atom. The first kappa shape index (κ1) is 24.1. The molecule has 0 fully saturated rings. The number of nitrogens with one attached hydrogen (secondary N) is 3. The summed E-state index contributed by atoms with van der Waals surface area (Å²) in [5.74, 6) is 0.444. The van der Waals surface area contributed by atoms with E-state index >= 15 is 0 Å². The summed E-state index contributed by atoms with van der Waals surface area (Å²) in [5.41, 5.74) is 2.16. The van der Waals surface area contributed by atoms with Crippen molar-refractivity contribution in [3.63, 3.8) is 0 Å². The highest BCUT2D eigenvalue weighted by Crippen LogP contribution is 2.19. The fourth-order valence-electron chi connectivity index (χ4n) is 2.83. The number of hydrogen-bond acceptors (Lipinski definition) is 4. The van der Waals surface area contributed by atoms with Crippen LogP contribution in [-0.4, -0.2) is 50.3 Å². The molecule has 0 aliphatic heterocycles. The van der Waals surface area contributed by atoms with Crippen molar-refractivity contribution in [2.24, 2.45) is 4.99 Å². The van der Waals surface area contributed by atoms with E-state index in [2.05, 4.69) is 25.7 Å². The third kappa shape index (κ3) is 8.21. The number of nitrogens with zero attached hydrogens (tertiary/aromatic N) is 1. The zero-order chi connectivity index (χ0) is 22.6. The molecule has 0 bridgehead atoms. The van der Waals surface area contributed by atoms with Crippen LogP contribution in [0.5, 0.6) is 5.75 Å². The van der Waals surface area contributed by atoms with Crippen molar-refractivity contribution in [3.8, 4) is 5.75 Å².